The maximum Gasteiger partial charge on any atom is 0.272 e. The summed E-state index contributed by atoms with van der Waals surface area (Å²) in [6, 6.07) is 22.5. The minimum atomic E-state index is 0.0529. The number of benzene rings is 2. The SMILES string of the molecule is CN(c1ccccc1)C1CCN(C(=O)c2ccnn2-c2ccccc2)CC1. The van der Waals surface area contributed by atoms with Crippen molar-refractivity contribution in [3.05, 3.63) is 78.6 Å². The van der Waals surface area contributed by atoms with Crippen molar-refractivity contribution in [1.82, 2.24) is 14.7 Å². The monoisotopic (exact) mass is 360 g/mol. The first-order chi connectivity index (χ1) is 13.2. The fraction of sp³-hybridized carbons (Fsp3) is 0.273. The zero-order valence-electron chi connectivity index (χ0n) is 15.5. The third kappa shape index (κ3) is 3.58. The van der Waals surface area contributed by atoms with E-state index in [1.54, 1.807) is 16.9 Å². The second-order valence-corrected chi connectivity index (χ2v) is 6.93. The third-order valence-corrected chi connectivity index (χ3v) is 5.33. The molecule has 138 valence electrons. The quantitative estimate of drug-likeness (QED) is 0.714. The highest BCUT2D eigenvalue weighted by molar-refractivity contribution is 5.93. The number of carbonyl (C=O) groups is 1. The lowest BCUT2D eigenvalue weighted by Crippen LogP contribution is -2.46. The second-order valence-electron chi connectivity index (χ2n) is 6.93. The average Bonchev–Trinajstić information content (AvgIpc) is 3.24. The van der Waals surface area contributed by atoms with Crippen molar-refractivity contribution in [2.24, 2.45) is 0 Å². The highest BCUT2D eigenvalue weighted by Crippen LogP contribution is 2.23. The normalized spacial score (nSPS) is 14.9. The predicted molar refractivity (Wildman–Crippen MR) is 107 cm³/mol. The van der Waals surface area contributed by atoms with Gasteiger partial charge in [-0.25, -0.2) is 4.68 Å². The molecule has 4 rings (SSSR count). The smallest absolute Gasteiger partial charge is 0.272 e. The summed E-state index contributed by atoms with van der Waals surface area (Å²) < 4.78 is 1.73. The molecule has 1 fully saturated rings. The van der Waals surface area contributed by atoms with E-state index in [2.05, 4.69) is 41.3 Å². The number of rotatable bonds is 4. The van der Waals surface area contributed by atoms with E-state index in [-0.39, 0.29) is 5.91 Å². The molecule has 0 bridgehead atoms. The molecule has 0 saturated carbocycles. The zero-order valence-corrected chi connectivity index (χ0v) is 15.5. The van der Waals surface area contributed by atoms with E-state index in [9.17, 15) is 4.79 Å². The van der Waals surface area contributed by atoms with Crippen molar-refractivity contribution >= 4 is 11.6 Å². The number of carbonyl (C=O) groups excluding carboxylic acids is 1. The van der Waals surface area contributed by atoms with E-state index in [1.165, 1.54) is 5.69 Å². The number of hydrogen-bond acceptors (Lipinski definition) is 3. The minimum Gasteiger partial charge on any atom is -0.371 e. The van der Waals surface area contributed by atoms with Gasteiger partial charge in [-0.1, -0.05) is 36.4 Å². The lowest BCUT2D eigenvalue weighted by atomic mass is 10.0. The summed E-state index contributed by atoms with van der Waals surface area (Å²) in [5, 5.41) is 4.35. The fourth-order valence-electron chi connectivity index (χ4n) is 3.73. The van der Waals surface area contributed by atoms with Crippen LogP contribution in [0.3, 0.4) is 0 Å². The number of aromatic nitrogens is 2. The molecule has 1 aliphatic rings. The summed E-state index contributed by atoms with van der Waals surface area (Å²) in [5.74, 6) is 0.0529. The van der Waals surface area contributed by atoms with Gasteiger partial charge in [0.05, 0.1) is 11.9 Å². The molecular formula is C22H24N4O. The molecule has 5 heteroatoms. The lowest BCUT2D eigenvalue weighted by Gasteiger charge is -2.37. The first-order valence-corrected chi connectivity index (χ1v) is 9.40. The number of anilines is 1. The summed E-state index contributed by atoms with van der Waals surface area (Å²) in [7, 11) is 2.14. The summed E-state index contributed by atoms with van der Waals surface area (Å²) in [6.07, 6.45) is 3.63. The van der Waals surface area contributed by atoms with Gasteiger partial charge in [0, 0.05) is 31.9 Å². The van der Waals surface area contributed by atoms with Crippen molar-refractivity contribution in [2.45, 2.75) is 18.9 Å². The number of amides is 1. The Bertz CT molecular complexity index is 883. The van der Waals surface area contributed by atoms with E-state index < -0.39 is 0 Å². The molecule has 0 radical (unpaired) electrons. The Morgan fingerprint density at radius 1 is 0.963 bits per heavy atom. The second kappa shape index (κ2) is 7.66. The number of para-hydroxylation sites is 2. The molecule has 0 N–H and O–H groups in total. The molecule has 1 amide bonds. The fourth-order valence-corrected chi connectivity index (χ4v) is 3.73. The van der Waals surface area contributed by atoms with E-state index in [0.717, 1.165) is 31.6 Å². The Hall–Kier alpha value is -3.08. The standard InChI is InChI=1S/C22H24N4O/c1-24(18-8-4-2-5-9-18)19-13-16-25(17-14-19)22(27)21-12-15-23-26(21)20-10-6-3-7-11-20/h2-12,15,19H,13-14,16-17H2,1H3. The molecule has 1 aromatic heterocycles. The van der Waals surface area contributed by atoms with Crippen LogP contribution >= 0.6 is 0 Å². The Morgan fingerprint density at radius 2 is 1.59 bits per heavy atom. The molecule has 1 aliphatic heterocycles. The van der Waals surface area contributed by atoms with Gasteiger partial charge in [-0.2, -0.15) is 5.10 Å². The van der Waals surface area contributed by atoms with Crippen LogP contribution in [0, 0.1) is 0 Å². The van der Waals surface area contributed by atoms with Crippen molar-refractivity contribution in [2.75, 3.05) is 25.0 Å². The Labute approximate surface area is 159 Å². The van der Waals surface area contributed by atoms with Gasteiger partial charge in [-0.15, -0.1) is 0 Å². The zero-order chi connectivity index (χ0) is 18.6. The van der Waals surface area contributed by atoms with Gasteiger partial charge in [0.25, 0.3) is 5.91 Å². The Balaban J connectivity index is 1.43. The van der Waals surface area contributed by atoms with Crippen LogP contribution in [0.15, 0.2) is 72.9 Å². The Morgan fingerprint density at radius 3 is 2.26 bits per heavy atom. The molecular weight excluding hydrogens is 336 g/mol. The summed E-state index contributed by atoms with van der Waals surface area (Å²) in [4.78, 5) is 17.3. The summed E-state index contributed by atoms with van der Waals surface area (Å²) in [5.41, 5.74) is 2.75. The maximum absolute atomic E-state index is 13.1. The molecule has 0 spiro atoms. The molecule has 27 heavy (non-hydrogen) atoms. The van der Waals surface area contributed by atoms with E-state index >= 15 is 0 Å². The third-order valence-electron chi connectivity index (χ3n) is 5.33. The summed E-state index contributed by atoms with van der Waals surface area (Å²) >= 11 is 0. The molecule has 5 nitrogen and oxygen atoms in total. The van der Waals surface area contributed by atoms with E-state index in [4.69, 9.17) is 0 Å². The lowest BCUT2D eigenvalue weighted by molar-refractivity contribution is 0.0704. The van der Waals surface area contributed by atoms with Crippen LogP contribution in [-0.2, 0) is 0 Å². The number of nitrogens with zero attached hydrogens (tertiary/aromatic N) is 4. The molecule has 0 atom stereocenters. The van der Waals surface area contributed by atoms with Crippen molar-refractivity contribution in [3.8, 4) is 5.69 Å². The van der Waals surface area contributed by atoms with Gasteiger partial charge in [0.1, 0.15) is 5.69 Å². The molecule has 1 saturated heterocycles. The van der Waals surface area contributed by atoms with Crippen LogP contribution in [0.5, 0.6) is 0 Å². The van der Waals surface area contributed by atoms with Crippen molar-refractivity contribution in [1.29, 1.82) is 0 Å². The van der Waals surface area contributed by atoms with Gasteiger partial charge in [0.15, 0.2) is 0 Å². The van der Waals surface area contributed by atoms with Gasteiger partial charge < -0.3 is 9.80 Å². The number of piperidine rings is 1. The minimum absolute atomic E-state index is 0.0529. The number of hydrogen-bond donors (Lipinski definition) is 0. The van der Waals surface area contributed by atoms with Crippen LogP contribution in [0.2, 0.25) is 0 Å². The largest absolute Gasteiger partial charge is 0.371 e. The van der Waals surface area contributed by atoms with Gasteiger partial charge >= 0.3 is 0 Å². The average molecular weight is 360 g/mol. The molecule has 2 heterocycles. The van der Waals surface area contributed by atoms with Crippen LogP contribution in [0.1, 0.15) is 23.3 Å². The van der Waals surface area contributed by atoms with Crippen LogP contribution in [0.4, 0.5) is 5.69 Å². The van der Waals surface area contributed by atoms with Gasteiger partial charge in [0.2, 0.25) is 0 Å². The highest BCUT2D eigenvalue weighted by atomic mass is 16.2. The maximum atomic E-state index is 13.1. The molecule has 0 aliphatic carbocycles. The first kappa shape index (κ1) is 17.3. The van der Waals surface area contributed by atoms with Crippen LogP contribution in [-0.4, -0.2) is 46.8 Å². The van der Waals surface area contributed by atoms with Gasteiger partial charge in [-0.3, -0.25) is 4.79 Å². The van der Waals surface area contributed by atoms with Crippen LogP contribution in [0.25, 0.3) is 5.69 Å². The topological polar surface area (TPSA) is 41.4 Å². The predicted octanol–water partition coefficient (Wildman–Crippen LogP) is 3.61. The Kier molecular flexibility index (Phi) is 4.92. The summed E-state index contributed by atoms with van der Waals surface area (Å²) in [6.45, 7) is 1.53. The molecule has 3 aromatic rings. The van der Waals surface area contributed by atoms with Crippen molar-refractivity contribution < 1.29 is 4.79 Å². The first-order valence-electron chi connectivity index (χ1n) is 9.40. The molecule has 0 unspecified atom stereocenters. The van der Waals surface area contributed by atoms with E-state index in [1.807, 2.05) is 41.3 Å². The molecule has 2 aromatic carbocycles. The van der Waals surface area contributed by atoms with Gasteiger partial charge in [-0.05, 0) is 43.2 Å². The highest BCUT2D eigenvalue weighted by Gasteiger charge is 2.27. The van der Waals surface area contributed by atoms with Crippen molar-refractivity contribution in [3.63, 3.8) is 0 Å². The van der Waals surface area contributed by atoms with Crippen LogP contribution < -0.4 is 4.90 Å². The number of likely N-dealkylation sites (tertiary alicyclic amines) is 1. The van der Waals surface area contributed by atoms with E-state index in [0.29, 0.717) is 11.7 Å².